The number of aliphatic hydroxyl groups is 4. The first-order valence-corrected chi connectivity index (χ1v) is 21.8. The molecule has 0 amide bonds. The fourth-order valence-corrected chi connectivity index (χ4v) is 14.6. The third-order valence-corrected chi connectivity index (χ3v) is 17.7. The molecule has 0 aliphatic heterocycles. The lowest BCUT2D eigenvalue weighted by atomic mass is 9.46. The zero-order valence-electron chi connectivity index (χ0n) is 34.7. The molecule has 12 heteroatoms. The second-order valence-corrected chi connectivity index (χ2v) is 20.2. The molecule has 0 aromatic heterocycles. The molecule has 59 heavy (non-hydrogen) atoms. The molecule has 8 aliphatic rings. The van der Waals surface area contributed by atoms with Gasteiger partial charge in [0.05, 0.1) is 12.2 Å². The van der Waals surface area contributed by atoms with Gasteiger partial charge in [-0.2, -0.15) is 0 Å². The van der Waals surface area contributed by atoms with E-state index in [-0.39, 0.29) is 92.0 Å². The van der Waals surface area contributed by atoms with Crippen molar-refractivity contribution in [3.05, 3.63) is 47.6 Å². The smallest absolute Gasteiger partial charge is 0.306 e. The van der Waals surface area contributed by atoms with Crippen LogP contribution in [0, 0.1) is 57.2 Å². The highest BCUT2D eigenvalue weighted by atomic mass is 16.5. The lowest BCUT2D eigenvalue weighted by Gasteiger charge is -2.59. The fourth-order valence-electron chi connectivity index (χ4n) is 14.6. The van der Waals surface area contributed by atoms with Crippen molar-refractivity contribution in [2.45, 2.75) is 135 Å². The number of fused-ring (bicyclic) bond motifs is 10. The van der Waals surface area contributed by atoms with Crippen LogP contribution in [-0.2, 0) is 38.2 Å². The second kappa shape index (κ2) is 14.5. The van der Waals surface area contributed by atoms with Crippen molar-refractivity contribution in [1.29, 1.82) is 0 Å². The van der Waals surface area contributed by atoms with Crippen LogP contribution in [0.25, 0.3) is 0 Å². The summed E-state index contributed by atoms with van der Waals surface area (Å²) in [5.41, 5.74) is -4.36. The van der Waals surface area contributed by atoms with Gasteiger partial charge in [-0.1, -0.05) is 51.0 Å². The van der Waals surface area contributed by atoms with Crippen molar-refractivity contribution in [3.63, 3.8) is 0 Å². The molecule has 0 heterocycles. The number of ether oxygens (including phenoxy) is 2. The van der Waals surface area contributed by atoms with Gasteiger partial charge in [0, 0.05) is 46.3 Å². The highest BCUT2D eigenvalue weighted by Gasteiger charge is 2.70. The molecular weight excluding hydrogens is 757 g/mol. The topological polar surface area (TPSA) is 202 Å². The zero-order valence-corrected chi connectivity index (χ0v) is 34.7. The van der Waals surface area contributed by atoms with E-state index in [9.17, 15) is 49.2 Å². The van der Waals surface area contributed by atoms with Crippen molar-refractivity contribution < 1.29 is 58.7 Å². The molecule has 0 aromatic carbocycles. The number of rotatable bonds is 10. The molecule has 6 fully saturated rings. The maximum absolute atomic E-state index is 13.6. The summed E-state index contributed by atoms with van der Waals surface area (Å²) in [7, 11) is 0. The van der Waals surface area contributed by atoms with Gasteiger partial charge in [0.1, 0.15) is 11.2 Å². The molecule has 14 atom stereocenters. The van der Waals surface area contributed by atoms with Crippen molar-refractivity contribution in [2.24, 2.45) is 57.2 Å². The summed E-state index contributed by atoms with van der Waals surface area (Å²) in [6, 6.07) is 0. The number of aliphatic hydroxyl groups excluding tert-OH is 2. The molecule has 0 radical (unpaired) electrons. The first-order valence-electron chi connectivity index (χ1n) is 21.8. The summed E-state index contributed by atoms with van der Waals surface area (Å²) < 4.78 is 10.6. The number of allylic oxidation sites excluding steroid dienone is 8. The van der Waals surface area contributed by atoms with Crippen LogP contribution in [0.15, 0.2) is 47.6 Å². The Bertz CT molecular complexity index is 1840. The number of esters is 2. The zero-order chi connectivity index (χ0) is 42.5. The van der Waals surface area contributed by atoms with E-state index in [1.807, 2.05) is 26.0 Å². The molecule has 4 N–H and O–H groups in total. The summed E-state index contributed by atoms with van der Waals surface area (Å²) in [5, 5.41) is 47.1. The quantitative estimate of drug-likeness (QED) is 0.227. The van der Waals surface area contributed by atoms with E-state index in [0.29, 0.717) is 25.7 Å². The van der Waals surface area contributed by atoms with E-state index in [4.69, 9.17) is 9.47 Å². The number of hydrogen-bond donors (Lipinski definition) is 4. The third kappa shape index (κ3) is 6.27. The summed E-state index contributed by atoms with van der Waals surface area (Å²) >= 11 is 0. The van der Waals surface area contributed by atoms with E-state index < -0.39 is 81.8 Å². The Labute approximate surface area is 345 Å². The summed E-state index contributed by atoms with van der Waals surface area (Å²) in [4.78, 5) is 77.0. The number of Topliss-reactive ketones (excluding diaryl/α,β-unsaturated/α-hetero) is 2. The molecule has 0 aromatic rings. The first kappa shape index (κ1) is 42.1. The average molecular weight is 817 g/mol. The van der Waals surface area contributed by atoms with E-state index in [1.54, 1.807) is 24.3 Å². The molecule has 0 saturated heterocycles. The van der Waals surface area contributed by atoms with E-state index >= 15 is 0 Å². The SMILES string of the molecule is C[C@]12C=CC(=O)C=C1CCC1C2[C@@H](O)C[C@@]2(C)C1CC[C@]2(O)C(=O)COC(=O)CCCC(=O)OCC(=O)[C@@]1(O)CCC2C3CCC4=CC(=O)C=C[C@]4(C)C3[C@@H](O)C[C@@]21C. The molecule has 8 aliphatic carbocycles. The van der Waals surface area contributed by atoms with E-state index in [2.05, 4.69) is 13.8 Å². The Morgan fingerprint density at radius 1 is 0.644 bits per heavy atom. The van der Waals surface area contributed by atoms with Crippen LogP contribution in [0.2, 0.25) is 0 Å². The van der Waals surface area contributed by atoms with Gasteiger partial charge < -0.3 is 29.9 Å². The number of hydrogen-bond acceptors (Lipinski definition) is 12. The molecule has 0 bridgehead atoms. The average Bonchev–Trinajstić information content (AvgIpc) is 3.61. The Morgan fingerprint density at radius 3 is 1.42 bits per heavy atom. The maximum atomic E-state index is 13.6. The van der Waals surface area contributed by atoms with Gasteiger partial charge in [-0.05, 0) is 119 Å². The number of carbonyl (C=O) groups excluding carboxylic acids is 6. The second-order valence-electron chi connectivity index (χ2n) is 20.2. The van der Waals surface area contributed by atoms with Crippen molar-refractivity contribution in [3.8, 4) is 0 Å². The van der Waals surface area contributed by atoms with Gasteiger partial charge in [0.15, 0.2) is 24.8 Å². The van der Waals surface area contributed by atoms with Crippen molar-refractivity contribution in [1.82, 2.24) is 0 Å². The molecular formula is C47H60O12. The summed E-state index contributed by atoms with van der Waals surface area (Å²) in [5.74, 6) is -3.10. The van der Waals surface area contributed by atoms with Gasteiger partial charge in [-0.15, -0.1) is 0 Å². The largest absolute Gasteiger partial charge is 0.458 e. The minimum Gasteiger partial charge on any atom is -0.458 e. The van der Waals surface area contributed by atoms with Crippen LogP contribution in [0.1, 0.15) is 111 Å². The minimum absolute atomic E-state index is 0.0309. The maximum Gasteiger partial charge on any atom is 0.306 e. The predicted molar refractivity (Wildman–Crippen MR) is 212 cm³/mol. The molecule has 6 unspecified atom stereocenters. The summed E-state index contributed by atoms with van der Waals surface area (Å²) in [6.45, 7) is 6.55. The van der Waals surface area contributed by atoms with Crippen LogP contribution < -0.4 is 0 Å². The van der Waals surface area contributed by atoms with Crippen LogP contribution >= 0.6 is 0 Å². The van der Waals surface area contributed by atoms with Gasteiger partial charge in [-0.25, -0.2) is 0 Å². The number of carbonyl (C=O) groups is 6. The van der Waals surface area contributed by atoms with E-state index in [0.717, 1.165) is 24.0 Å². The van der Waals surface area contributed by atoms with Gasteiger partial charge in [0.25, 0.3) is 0 Å². The standard InChI is InChI=1S/C47H60O12/c1-42-16-12-28(48)20-26(42)8-10-30-32-14-18-46(56,44(32,3)22-34(50)40(30)42)36(52)24-58-38(54)6-5-7-39(55)59-25-37(53)47(57)19-15-33-31-11-9-27-21-29(49)13-17-43(27,2)41(31)35(51)23-45(33,47)4/h12-13,16-17,20-21,30-35,40-41,50-51,56-57H,5-11,14-15,18-19,22-25H2,1-4H3/t30?,31?,32?,33?,34-,35-,40?,41?,42-,43-,44-,45-,46-,47-/m0/s1. The Kier molecular flexibility index (Phi) is 10.4. The van der Waals surface area contributed by atoms with Crippen LogP contribution in [0.5, 0.6) is 0 Å². The Hall–Kier alpha value is -3.58. The summed E-state index contributed by atoms with van der Waals surface area (Å²) in [6.07, 6.45) is 13.2. The van der Waals surface area contributed by atoms with Gasteiger partial charge in [0.2, 0.25) is 11.6 Å². The normalized spacial score (nSPS) is 45.4. The molecule has 320 valence electrons. The van der Waals surface area contributed by atoms with Crippen LogP contribution in [-0.4, -0.2) is 92.1 Å². The van der Waals surface area contributed by atoms with Crippen LogP contribution in [0.3, 0.4) is 0 Å². The number of ketones is 4. The molecule has 6 saturated carbocycles. The Morgan fingerprint density at radius 2 is 1.03 bits per heavy atom. The van der Waals surface area contributed by atoms with Crippen molar-refractivity contribution >= 4 is 35.1 Å². The molecule has 12 nitrogen and oxygen atoms in total. The van der Waals surface area contributed by atoms with Gasteiger partial charge >= 0.3 is 11.9 Å². The van der Waals surface area contributed by atoms with E-state index in [1.165, 1.54) is 0 Å². The van der Waals surface area contributed by atoms with Crippen LogP contribution in [0.4, 0.5) is 0 Å². The fraction of sp³-hybridized carbons (Fsp3) is 0.702. The Balaban J connectivity index is 0.805. The lowest BCUT2D eigenvalue weighted by molar-refractivity contribution is -0.181. The third-order valence-electron chi connectivity index (χ3n) is 17.7. The highest BCUT2D eigenvalue weighted by molar-refractivity contribution is 6.02. The monoisotopic (exact) mass is 816 g/mol. The van der Waals surface area contributed by atoms with Gasteiger partial charge in [-0.3, -0.25) is 28.8 Å². The minimum atomic E-state index is -1.79. The lowest BCUT2D eigenvalue weighted by Crippen LogP contribution is -2.61. The highest BCUT2D eigenvalue weighted by Crippen LogP contribution is 2.68. The van der Waals surface area contributed by atoms with Crippen molar-refractivity contribution in [2.75, 3.05) is 13.2 Å². The molecule has 8 rings (SSSR count). The predicted octanol–water partition coefficient (Wildman–Crippen LogP) is 4.40. The molecule has 0 spiro atoms. The first-order chi connectivity index (χ1) is 27.7.